The third-order valence-electron chi connectivity index (χ3n) is 4.12. The summed E-state index contributed by atoms with van der Waals surface area (Å²) in [5.74, 6) is -0.0350. The van der Waals surface area contributed by atoms with Gasteiger partial charge in [0.2, 0.25) is 0 Å². The van der Waals surface area contributed by atoms with E-state index in [9.17, 15) is 9.90 Å². The number of fused-ring (bicyclic) bond motifs is 1. The zero-order valence-corrected chi connectivity index (χ0v) is 12.7. The van der Waals surface area contributed by atoms with Crippen LogP contribution in [0.4, 0.5) is 0 Å². The third-order valence-corrected chi connectivity index (χ3v) is 5.05. The van der Waals surface area contributed by atoms with Gasteiger partial charge < -0.3 is 10.4 Å². The van der Waals surface area contributed by atoms with E-state index < -0.39 is 0 Å². The first-order valence-corrected chi connectivity index (χ1v) is 7.98. The molecule has 5 heteroatoms. The van der Waals surface area contributed by atoms with Crippen molar-refractivity contribution in [3.8, 4) is 0 Å². The molecule has 21 heavy (non-hydrogen) atoms. The lowest BCUT2D eigenvalue weighted by molar-refractivity contribution is 0.0896. The van der Waals surface area contributed by atoms with Crippen LogP contribution in [0.3, 0.4) is 0 Å². The number of thiazole rings is 1. The maximum Gasteiger partial charge on any atom is 0.263 e. The number of rotatable bonds is 3. The number of benzene rings is 1. The standard InChI is InChI=1S/C16H18N2O2S/c1-10-15(21-9-17-10)16(20)18-14-12(8-19)7-6-11-4-2-3-5-13(11)14/h2-5,9,12,14,19H,6-8H2,1H3,(H,18,20)/t12-,14-/m0/s1. The Kier molecular flexibility index (Phi) is 4.03. The van der Waals surface area contributed by atoms with Crippen molar-refractivity contribution in [2.45, 2.75) is 25.8 Å². The van der Waals surface area contributed by atoms with E-state index in [1.807, 2.05) is 25.1 Å². The summed E-state index contributed by atoms with van der Waals surface area (Å²) in [6.07, 6.45) is 1.84. The zero-order valence-electron chi connectivity index (χ0n) is 11.9. The number of amides is 1. The predicted molar refractivity (Wildman–Crippen MR) is 82.4 cm³/mol. The van der Waals surface area contributed by atoms with E-state index in [4.69, 9.17) is 0 Å². The smallest absolute Gasteiger partial charge is 0.263 e. The normalized spacial score (nSPS) is 20.9. The van der Waals surface area contributed by atoms with E-state index in [0.717, 1.165) is 24.1 Å². The molecule has 1 aliphatic rings. The van der Waals surface area contributed by atoms with Crippen LogP contribution in [0.15, 0.2) is 29.8 Å². The number of hydrogen-bond acceptors (Lipinski definition) is 4. The van der Waals surface area contributed by atoms with Crippen molar-refractivity contribution >= 4 is 17.2 Å². The first-order chi connectivity index (χ1) is 10.2. The molecule has 1 amide bonds. The number of carbonyl (C=O) groups is 1. The van der Waals surface area contributed by atoms with Gasteiger partial charge in [-0.3, -0.25) is 4.79 Å². The minimum atomic E-state index is -0.131. The van der Waals surface area contributed by atoms with Crippen LogP contribution >= 0.6 is 11.3 Å². The summed E-state index contributed by atoms with van der Waals surface area (Å²) < 4.78 is 0. The summed E-state index contributed by atoms with van der Waals surface area (Å²) in [4.78, 5) is 17.2. The molecule has 0 saturated heterocycles. The minimum Gasteiger partial charge on any atom is -0.396 e. The molecule has 2 atom stereocenters. The summed E-state index contributed by atoms with van der Waals surface area (Å²) >= 11 is 1.35. The molecule has 110 valence electrons. The highest BCUT2D eigenvalue weighted by Crippen LogP contribution is 2.34. The van der Waals surface area contributed by atoms with Gasteiger partial charge in [0, 0.05) is 12.5 Å². The maximum atomic E-state index is 12.4. The fourth-order valence-corrected chi connectivity index (χ4v) is 3.65. The number of hydrogen-bond donors (Lipinski definition) is 2. The Morgan fingerprint density at radius 2 is 2.29 bits per heavy atom. The Labute approximate surface area is 127 Å². The molecule has 2 aromatic rings. The number of aryl methyl sites for hydroxylation is 2. The Bertz CT molecular complexity index is 653. The second-order valence-corrected chi connectivity index (χ2v) is 6.25. The topological polar surface area (TPSA) is 62.2 Å². The average Bonchev–Trinajstić information content (AvgIpc) is 2.94. The van der Waals surface area contributed by atoms with E-state index in [2.05, 4.69) is 16.4 Å². The van der Waals surface area contributed by atoms with E-state index >= 15 is 0 Å². The first-order valence-electron chi connectivity index (χ1n) is 7.10. The lowest BCUT2D eigenvalue weighted by Gasteiger charge is -2.33. The van der Waals surface area contributed by atoms with Crippen molar-refractivity contribution in [2.75, 3.05) is 6.61 Å². The van der Waals surface area contributed by atoms with Crippen molar-refractivity contribution in [1.29, 1.82) is 0 Å². The maximum absolute atomic E-state index is 12.4. The molecule has 0 bridgehead atoms. The third kappa shape index (κ3) is 2.71. The number of carbonyl (C=O) groups excluding carboxylic acids is 1. The van der Waals surface area contributed by atoms with E-state index in [1.165, 1.54) is 16.9 Å². The van der Waals surface area contributed by atoms with Crippen LogP contribution < -0.4 is 5.32 Å². The Morgan fingerprint density at radius 3 is 3.00 bits per heavy atom. The molecule has 0 aliphatic heterocycles. The van der Waals surface area contributed by atoms with Gasteiger partial charge in [0.05, 0.1) is 17.2 Å². The van der Waals surface area contributed by atoms with E-state index in [-0.39, 0.29) is 24.5 Å². The van der Waals surface area contributed by atoms with Crippen molar-refractivity contribution in [1.82, 2.24) is 10.3 Å². The lowest BCUT2D eigenvalue weighted by atomic mass is 9.80. The van der Waals surface area contributed by atoms with Gasteiger partial charge in [-0.2, -0.15) is 0 Å². The lowest BCUT2D eigenvalue weighted by Crippen LogP contribution is -2.37. The van der Waals surface area contributed by atoms with E-state index in [0.29, 0.717) is 4.88 Å². The number of nitrogens with zero attached hydrogens (tertiary/aromatic N) is 1. The molecule has 0 spiro atoms. The van der Waals surface area contributed by atoms with Crippen molar-refractivity contribution < 1.29 is 9.90 Å². The number of aromatic nitrogens is 1. The number of nitrogens with one attached hydrogen (secondary N) is 1. The summed E-state index contributed by atoms with van der Waals surface area (Å²) in [7, 11) is 0. The number of aliphatic hydroxyl groups excluding tert-OH is 1. The molecule has 0 unspecified atom stereocenters. The summed E-state index contributed by atoms with van der Waals surface area (Å²) in [6, 6.07) is 8.01. The van der Waals surface area contributed by atoms with Crippen molar-refractivity contribution in [3.63, 3.8) is 0 Å². The molecule has 2 N–H and O–H groups in total. The molecule has 0 radical (unpaired) electrons. The molecule has 0 fully saturated rings. The van der Waals surface area contributed by atoms with E-state index in [1.54, 1.807) is 5.51 Å². The van der Waals surface area contributed by atoms with Crippen LogP contribution in [0, 0.1) is 12.8 Å². The molecule has 1 aliphatic carbocycles. The molecule has 1 aromatic heterocycles. The highest BCUT2D eigenvalue weighted by Gasteiger charge is 2.30. The molecular weight excluding hydrogens is 284 g/mol. The Hall–Kier alpha value is -1.72. The zero-order chi connectivity index (χ0) is 14.8. The van der Waals surface area contributed by atoms with Gasteiger partial charge in [-0.05, 0) is 30.9 Å². The largest absolute Gasteiger partial charge is 0.396 e. The van der Waals surface area contributed by atoms with Crippen LogP contribution in [0.2, 0.25) is 0 Å². The highest BCUT2D eigenvalue weighted by atomic mass is 32.1. The van der Waals surface area contributed by atoms with Gasteiger partial charge in [0.1, 0.15) is 4.88 Å². The van der Waals surface area contributed by atoms with Crippen LogP contribution in [-0.4, -0.2) is 22.6 Å². The second-order valence-electron chi connectivity index (χ2n) is 5.40. The van der Waals surface area contributed by atoms with Crippen LogP contribution in [-0.2, 0) is 6.42 Å². The quantitative estimate of drug-likeness (QED) is 0.915. The van der Waals surface area contributed by atoms with Gasteiger partial charge in [-0.25, -0.2) is 4.98 Å². The Balaban J connectivity index is 1.89. The molecule has 1 heterocycles. The number of aliphatic hydroxyl groups is 1. The monoisotopic (exact) mass is 302 g/mol. The van der Waals surface area contributed by atoms with Crippen LogP contribution in [0.25, 0.3) is 0 Å². The molecule has 0 saturated carbocycles. The van der Waals surface area contributed by atoms with Gasteiger partial charge in [0.25, 0.3) is 5.91 Å². The van der Waals surface area contributed by atoms with Crippen molar-refractivity contribution in [3.05, 3.63) is 51.5 Å². The predicted octanol–water partition coefficient (Wildman–Crippen LogP) is 2.48. The first kappa shape index (κ1) is 14.2. The summed E-state index contributed by atoms with van der Waals surface area (Å²) in [5.41, 5.74) is 4.82. The molecule has 1 aromatic carbocycles. The summed E-state index contributed by atoms with van der Waals surface area (Å²) in [5, 5.41) is 12.7. The van der Waals surface area contributed by atoms with Crippen LogP contribution in [0.1, 0.15) is 39.0 Å². The molecule has 4 nitrogen and oxygen atoms in total. The Morgan fingerprint density at radius 1 is 1.48 bits per heavy atom. The minimum absolute atomic E-state index is 0.0667. The fourth-order valence-electron chi connectivity index (χ4n) is 2.95. The average molecular weight is 302 g/mol. The van der Waals surface area contributed by atoms with Gasteiger partial charge in [-0.15, -0.1) is 11.3 Å². The summed E-state index contributed by atoms with van der Waals surface area (Å²) in [6.45, 7) is 1.92. The van der Waals surface area contributed by atoms with Crippen molar-refractivity contribution in [2.24, 2.45) is 5.92 Å². The second kappa shape index (κ2) is 5.95. The van der Waals surface area contributed by atoms with Crippen LogP contribution in [0.5, 0.6) is 0 Å². The van der Waals surface area contributed by atoms with Gasteiger partial charge >= 0.3 is 0 Å². The highest BCUT2D eigenvalue weighted by molar-refractivity contribution is 7.11. The SMILES string of the molecule is Cc1ncsc1C(=O)N[C@@H]1c2ccccc2CC[C@H]1CO. The van der Waals surface area contributed by atoms with Gasteiger partial charge in [-0.1, -0.05) is 24.3 Å². The molecular formula is C16H18N2O2S. The van der Waals surface area contributed by atoms with Gasteiger partial charge in [0.15, 0.2) is 0 Å². The fraction of sp³-hybridized carbons (Fsp3) is 0.375. The molecule has 3 rings (SSSR count).